The van der Waals surface area contributed by atoms with E-state index in [4.69, 9.17) is 20.9 Å². The predicted octanol–water partition coefficient (Wildman–Crippen LogP) is 1.61. The highest BCUT2D eigenvalue weighted by Crippen LogP contribution is 2.36. The topological polar surface area (TPSA) is 62.1 Å². The average Bonchev–Trinajstić information content (AvgIpc) is 2.96. The smallest absolute Gasteiger partial charge is 0.399 e. The van der Waals surface area contributed by atoms with E-state index in [1.165, 1.54) is 0 Å². The Morgan fingerprint density at radius 1 is 1.19 bits per heavy atom. The number of hydrogen-bond donors (Lipinski definition) is 0. The zero-order valence-electron chi connectivity index (χ0n) is 12.4. The number of aromatic nitrogens is 4. The van der Waals surface area contributed by atoms with Crippen LogP contribution in [0.25, 0.3) is 5.95 Å². The molecule has 0 saturated carbocycles. The van der Waals surface area contributed by atoms with E-state index in [2.05, 4.69) is 15.0 Å². The lowest BCUT2D eigenvalue weighted by Gasteiger charge is -2.32. The molecule has 1 aliphatic heterocycles. The molecule has 0 bridgehead atoms. The largest absolute Gasteiger partial charge is 0.499 e. The van der Waals surface area contributed by atoms with Crippen LogP contribution in [0.15, 0.2) is 24.9 Å². The molecule has 0 aromatic carbocycles. The van der Waals surface area contributed by atoms with Gasteiger partial charge in [0.15, 0.2) is 0 Å². The molecule has 1 saturated heterocycles. The van der Waals surface area contributed by atoms with Crippen molar-refractivity contribution in [2.75, 3.05) is 0 Å². The van der Waals surface area contributed by atoms with Gasteiger partial charge in [0.2, 0.25) is 5.95 Å². The molecule has 6 nitrogen and oxygen atoms in total. The Labute approximate surface area is 128 Å². The summed E-state index contributed by atoms with van der Waals surface area (Å²) in [6.45, 7) is 7.95. The molecule has 2 aromatic rings. The van der Waals surface area contributed by atoms with Crippen molar-refractivity contribution < 1.29 is 9.31 Å². The third kappa shape index (κ3) is 2.45. The number of rotatable bonds is 2. The number of halogens is 1. The fourth-order valence-corrected chi connectivity index (χ4v) is 2.21. The molecular formula is C13H16BClN4O2. The number of nitrogens with zero attached hydrogens (tertiary/aromatic N) is 4. The SMILES string of the molecule is CC1(C)OB(c2cnc(-n3ccnc3)nc2Cl)OC1(C)C. The van der Waals surface area contributed by atoms with Gasteiger partial charge in [0.25, 0.3) is 0 Å². The van der Waals surface area contributed by atoms with Crippen molar-refractivity contribution in [2.24, 2.45) is 0 Å². The van der Waals surface area contributed by atoms with Crippen LogP contribution in [-0.2, 0) is 9.31 Å². The van der Waals surface area contributed by atoms with Crippen LogP contribution in [0.5, 0.6) is 0 Å². The first-order valence-electron chi connectivity index (χ1n) is 6.66. The highest BCUT2D eigenvalue weighted by Gasteiger charge is 2.52. The van der Waals surface area contributed by atoms with E-state index in [-0.39, 0.29) is 0 Å². The molecule has 1 fully saturated rings. The maximum absolute atomic E-state index is 6.27. The Morgan fingerprint density at radius 3 is 2.38 bits per heavy atom. The minimum absolute atomic E-state index is 0.312. The molecule has 2 aromatic heterocycles. The Bertz CT molecular complexity index is 644. The molecule has 3 heterocycles. The fraction of sp³-hybridized carbons (Fsp3) is 0.462. The van der Waals surface area contributed by atoms with E-state index in [9.17, 15) is 0 Å². The second-order valence-corrected chi connectivity index (χ2v) is 6.33. The second-order valence-electron chi connectivity index (χ2n) is 5.97. The molecule has 0 atom stereocenters. The first-order valence-corrected chi connectivity index (χ1v) is 7.04. The zero-order valence-corrected chi connectivity index (χ0v) is 13.1. The molecule has 1 aliphatic rings. The van der Waals surface area contributed by atoms with E-state index in [1.54, 1.807) is 29.5 Å². The minimum atomic E-state index is -0.570. The molecule has 0 N–H and O–H groups in total. The van der Waals surface area contributed by atoms with Gasteiger partial charge in [-0.3, -0.25) is 4.57 Å². The molecule has 0 unspecified atom stereocenters. The molecule has 0 radical (unpaired) electrons. The van der Waals surface area contributed by atoms with Gasteiger partial charge in [0.05, 0.1) is 11.2 Å². The molecule has 3 rings (SSSR count). The van der Waals surface area contributed by atoms with Crippen molar-refractivity contribution in [3.05, 3.63) is 30.1 Å². The number of hydrogen-bond acceptors (Lipinski definition) is 5. The van der Waals surface area contributed by atoms with E-state index >= 15 is 0 Å². The van der Waals surface area contributed by atoms with Crippen LogP contribution in [0.3, 0.4) is 0 Å². The van der Waals surface area contributed by atoms with Crippen LogP contribution in [0, 0.1) is 0 Å². The fourth-order valence-electron chi connectivity index (χ4n) is 1.99. The van der Waals surface area contributed by atoms with Crippen LogP contribution >= 0.6 is 11.6 Å². The van der Waals surface area contributed by atoms with E-state index < -0.39 is 18.3 Å². The summed E-state index contributed by atoms with van der Waals surface area (Å²) in [5.41, 5.74) is -0.229. The lowest BCUT2D eigenvalue weighted by molar-refractivity contribution is 0.00578. The van der Waals surface area contributed by atoms with E-state index in [0.717, 1.165) is 0 Å². The molecule has 0 amide bonds. The summed E-state index contributed by atoms with van der Waals surface area (Å²) in [5.74, 6) is 0.456. The van der Waals surface area contributed by atoms with Crippen LogP contribution in [-0.4, -0.2) is 37.8 Å². The maximum Gasteiger partial charge on any atom is 0.499 e. The van der Waals surface area contributed by atoms with Crippen LogP contribution < -0.4 is 5.46 Å². The van der Waals surface area contributed by atoms with Crippen molar-refractivity contribution in [1.82, 2.24) is 19.5 Å². The van der Waals surface area contributed by atoms with Crippen molar-refractivity contribution in [2.45, 2.75) is 38.9 Å². The minimum Gasteiger partial charge on any atom is -0.399 e. The Balaban J connectivity index is 1.91. The van der Waals surface area contributed by atoms with Gasteiger partial charge in [-0.1, -0.05) is 11.6 Å². The van der Waals surface area contributed by atoms with Crippen LogP contribution in [0.1, 0.15) is 27.7 Å². The van der Waals surface area contributed by atoms with Gasteiger partial charge in [-0.05, 0) is 27.7 Å². The third-order valence-corrected chi connectivity index (χ3v) is 4.30. The first kappa shape index (κ1) is 14.5. The molecular weight excluding hydrogens is 290 g/mol. The molecule has 21 heavy (non-hydrogen) atoms. The summed E-state index contributed by atoms with van der Waals surface area (Å²) in [4.78, 5) is 12.5. The second kappa shape index (κ2) is 4.79. The van der Waals surface area contributed by atoms with Crippen molar-refractivity contribution in [1.29, 1.82) is 0 Å². The summed E-state index contributed by atoms with van der Waals surface area (Å²) in [7, 11) is -0.570. The molecule has 0 spiro atoms. The van der Waals surface area contributed by atoms with Gasteiger partial charge in [-0.15, -0.1) is 0 Å². The third-order valence-electron chi connectivity index (χ3n) is 4.00. The first-order chi connectivity index (χ1) is 9.80. The summed E-state index contributed by atoms with van der Waals surface area (Å²) < 4.78 is 13.6. The van der Waals surface area contributed by atoms with Crippen molar-refractivity contribution in [3.63, 3.8) is 0 Å². The van der Waals surface area contributed by atoms with Gasteiger partial charge in [0, 0.05) is 24.1 Å². The van der Waals surface area contributed by atoms with Gasteiger partial charge < -0.3 is 9.31 Å². The summed E-state index contributed by atoms with van der Waals surface area (Å²) in [6.07, 6.45) is 6.65. The molecule has 0 aliphatic carbocycles. The lowest BCUT2D eigenvalue weighted by Crippen LogP contribution is -2.41. The summed E-state index contributed by atoms with van der Waals surface area (Å²) in [6, 6.07) is 0. The quantitative estimate of drug-likeness (QED) is 0.623. The highest BCUT2D eigenvalue weighted by atomic mass is 35.5. The van der Waals surface area contributed by atoms with Crippen LogP contribution in [0.2, 0.25) is 5.15 Å². The molecule has 110 valence electrons. The highest BCUT2D eigenvalue weighted by molar-refractivity contribution is 6.65. The van der Waals surface area contributed by atoms with E-state index in [0.29, 0.717) is 16.6 Å². The maximum atomic E-state index is 6.27. The monoisotopic (exact) mass is 306 g/mol. The summed E-state index contributed by atoms with van der Waals surface area (Å²) >= 11 is 6.27. The van der Waals surface area contributed by atoms with Gasteiger partial charge >= 0.3 is 7.12 Å². The van der Waals surface area contributed by atoms with E-state index in [1.807, 2.05) is 27.7 Å². The Hall–Kier alpha value is -1.44. The van der Waals surface area contributed by atoms with Gasteiger partial charge in [-0.25, -0.2) is 15.0 Å². The van der Waals surface area contributed by atoms with Gasteiger partial charge in [0.1, 0.15) is 11.5 Å². The Kier molecular flexibility index (Phi) is 3.31. The van der Waals surface area contributed by atoms with Gasteiger partial charge in [-0.2, -0.15) is 0 Å². The average molecular weight is 307 g/mol. The number of imidazole rings is 1. The van der Waals surface area contributed by atoms with Crippen molar-refractivity contribution in [3.8, 4) is 5.95 Å². The predicted molar refractivity (Wildman–Crippen MR) is 79.9 cm³/mol. The van der Waals surface area contributed by atoms with Crippen molar-refractivity contribution >= 4 is 24.2 Å². The standard InChI is InChI=1S/C13H16BClN4O2/c1-12(2)13(3,4)21-14(20-12)9-7-17-11(18-10(9)15)19-6-5-16-8-19/h5-8H,1-4H3. The summed E-state index contributed by atoms with van der Waals surface area (Å²) in [5, 5.41) is 0.312. The Morgan fingerprint density at radius 2 is 1.86 bits per heavy atom. The lowest BCUT2D eigenvalue weighted by atomic mass is 9.81. The zero-order chi connectivity index (χ0) is 15.3. The molecule has 8 heteroatoms. The van der Waals surface area contributed by atoms with Crippen LogP contribution in [0.4, 0.5) is 0 Å². The normalized spacial score (nSPS) is 20.0.